The summed E-state index contributed by atoms with van der Waals surface area (Å²) < 4.78 is -0.201. The highest BCUT2D eigenvalue weighted by molar-refractivity contribution is 8.21. The summed E-state index contributed by atoms with van der Waals surface area (Å²) in [4.78, 5) is -1.02. The first kappa shape index (κ1) is 21.4. The lowest BCUT2D eigenvalue weighted by atomic mass is 10.00. The highest BCUT2D eigenvalue weighted by Gasteiger charge is 2.56. The molecule has 0 saturated carbocycles. The van der Waals surface area contributed by atoms with E-state index in [1.165, 1.54) is 16.7 Å². The van der Waals surface area contributed by atoms with Gasteiger partial charge >= 0.3 is 0 Å². The minimum absolute atomic E-state index is 0.0662. The summed E-state index contributed by atoms with van der Waals surface area (Å²) >= 11 is 3.64. The van der Waals surface area contributed by atoms with Gasteiger partial charge in [0.15, 0.2) is 4.93 Å². The van der Waals surface area contributed by atoms with Crippen LogP contribution in [0.2, 0.25) is 0 Å². The van der Waals surface area contributed by atoms with Crippen molar-refractivity contribution >= 4 is 23.5 Å². The van der Waals surface area contributed by atoms with Gasteiger partial charge in [0.25, 0.3) is 0 Å². The van der Waals surface area contributed by atoms with E-state index in [1.807, 2.05) is 36.0 Å². The van der Waals surface area contributed by atoms with Crippen LogP contribution >= 0.6 is 23.5 Å². The predicted molar refractivity (Wildman–Crippen MR) is 138 cm³/mol. The molecular weight excluding hydrogens is 428 g/mol. The number of thioether (sulfide) groups is 2. The fraction of sp³-hybridized carbons (Fsp3) is 0.172. The van der Waals surface area contributed by atoms with E-state index >= 15 is 0 Å². The Balaban J connectivity index is 1.61. The summed E-state index contributed by atoms with van der Waals surface area (Å²) in [5.41, 5.74) is 4.73. The Bertz CT molecular complexity index is 1090. The molecule has 0 spiro atoms. The third-order valence-corrected chi connectivity index (χ3v) is 9.65. The van der Waals surface area contributed by atoms with Gasteiger partial charge in [0.05, 0.1) is 9.33 Å². The number of aliphatic hydroxyl groups is 1. The predicted octanol–water partition coefficient (Wildman–Crippen LogP) is 7.23. The first-order valence-electron chi connectivity index (χ1n) is 11.0. The molecule has 32 heavy (non-hydrogen) atoms. The van der Waals surface area contributed by atoms with E-state index in [4.69, 9.17) is 0 Å². The maximum atomic E-state index is 12.3. The standard InChI is InChI=1S/C29H26OS2/c30-29(26-19-11-4-12-20-26)27(25-17-9-3-10-18-25)31-28(32-29,21-23-13-5-1-6-14-23)22-24-15-7-2-8-16-24/h1-20,27,30H,21-22H2. The molecule has 1 nitrogen and oxygen atoms in total. The van der Waals surface area contributed by atoms with E-state index in [9.17, 15) is 5.11 Å². The molecule has 1 N–H and O–H groups in total. The summed E-state index contributed by atoms with van der Waals surface area (Å²) in [6, 6.07) is 42.0. The van der Waals surface area contributed by atoms with Crippen molar-refractivity contribution < 1.29 is 5.11 Å². The zero-order chi connectivity index (χ0) is 21.9. The Hall–Kier alpha value is -2.46. The van der Waals surface area contributed by atoms with Gasteiger partial charge in [-0.1, -0.05) is 121 Å². The average Bonchev–Trinajstić information content (AvgIpc) is 3.14. The Labute approximate surface area is 198 Å². The van der Waals surface area contributed by atoms with Crippen LogP contribution in [0.1, 0.15) is 27.5 Å². The van der Waals surface area contributed by atoms with Crippen LogP contribution in [-0.2, 0) is 17.8 Å². The van der Waals surface area contributed by atoms with E-state index in [0.29, 0.717) is 0 Å². The van der Waals surface area contributed by atoms with Crippen molar-refractivity contribution in [3.63, 3.8) is 0 Å². The van der Waals surface area contributed by atoms with Gasteiger partial charge in [0.1, 0.15) is 0 Å². The molecule has 0 aliphatic carbocycles. The Morgan fingerprint density at radius 1 is 0.594 bits per heavy atom. The summed E-state index contributed by atoms with van der Waals surface area (Å²) in [7, 11) is 0. The molecule has 2 unspecified atom stereocenters. The fourth-order valence-electron chi connectivity index (χ4n) is 4.50. The molecule has 1 saturated heterocycles. The Kier molecular flexibility index (Phi) is 6.14. The number of hydrogen-bond donors (Lipinski definition) is 1. The molecule has 4 aromatic carbocycles. The zero-order valence-electron chi connectivity index (χ0n) is 17.8. The minimum atomic E-state index is -1.02. The SMILES string of the molecule is OC1(c2ccccc2)SC(Cc2ccccc2)(Cc2ccccc2)SC1c1ccccc1. The molecule has 0 radical (unpaired) electrons. The third kappa shape index (κ3) is 4.38. The van der Waals surface area contributed by atoms with Crippen LogP contribution in [0.4, 0.5) is 0 Å². The van der Waals surface area contributed by atoms with Crippen LogP contribution in [-0.4, -0.2) is 9.19 Å². The molecule has 1 fully saturated rings. The molecule has 0 amide bonds. The molecule has 4 aromatic rings. The van der Waals surface area contributed by atoms with Gasteiger partial charge in [-0.2, -0.15) is 0 Å². The van der Waals surface area contributed by atoms with Crippen LogP contribution < -0.4 is 0 Å². The quantitative estimate of drug-likeness (QED) is 0.332. The summed E-state index contributed by atoms with van der Waals surface area (Å²) in [6.45, 7) is 0. The van der Waals surface area contributed by atoms with E-state index in [2.05, 4.69) is 97.1 Å². The molecule has 1 aliphatic rings. The highest BCUT2D eigenvalue weighted by Crippen LogP contribution is 2.69. The zero-order valence-corrected chi connectivity index (χ0v) is 19.4. The van der Waals surface area contributed by atoms with E-state index in [0.717, 1.165) is 18.4 Å². The van der Waals surface area contributed by atoms with Crippen molar-refractivity contribution in [3.05, 3.63) is 144 Å². The van der Waals surface area contributed by atoms with Crippen LogP contribution in [0.25, 0.3) is 0 Å². The topological polar surface area (TPSA) is 20.2 Å². The van der Waals surface area contributed by atoms with Gasteiger partial charge in [-0.05, 0) is 35.1 Å². The van der Waals surface area contributed by atoms with Crippen molar-refractivity contribution in [1.29, 1.82) is 0 Å². The van der Waals surface area contributed by atoms with Gasteiger partial charge in [0, 0.05) is 0 Å². The molecule has 0 aromatic heterocycles. The average molecular weight is 455 g/mol. The number of benzene rings is 4. The summed E-state index contributed by atoms with van der Waals surface area (Å²) in [6.07, 6.45) is 1.77. The van der Waals surface area contributed by atoms with Crippen molar-refractivity contribution in [2.24, 2.45) is 0 Å². The molecule has 2 atom stereocenters. The second-order valence-corrected chi connectivity index (χ2v) is 11.7. The van der Waals surface area contributed by atoms with Crippen LogP contribution in [0.3, 0.4) is 0 Å². The second-order valence-electron chi connectivity index (χ2n) is 8.31. The second kappa shape index (κ2) is 9.19. The Morgan fingerprint density at radius 2 is 1.03 bits per heavy atom. The monoisotopic (exact) mass is 454 g/mol. The van der Waals surface area contributed by atoms with Crippen molar-refractivity contribution in [3.8, 4) is 0 Å². The van der Waals surface area contributed by atoms with E-state index in [1.54, 1.807) is 11.8 Å². The first-order chi connectivity index (χ1) is 15.7. The van der Waals surface area contributed by atoms with Crippen molar-refractivity contribution in [2.45, 2.75) is 27.1 Å². The van der Waals surface area contributed by atoms with Gasteiger partial charge in [-0.15, -0.1) is 23.5 Å². The van der Waals surface area contributed by atoms with Gasteiger partial charge < -0.3 is 5.11 Å². The summed E-state index contributed by atoms with van der Waals surface area (Å²) in [5, 5.41) is 12.2. The largest absolute Gasteiger partial charge is 0.374 e. The Morgan fingerprint density at radius 3 is 1.53 bits per heavy atom. The normalized spacial score (nSPS) is 22.0. The fourth-order valence-corrected chi connectivity index (χ4v) is 8.71. The van der Waals surface area contributed by atoms with Gasteiger partial charge in [-0.25, -0.2) is 0 Å². The van der Waals surface area contributed by atoms with Gasteiger partial charge in [0.2, 0.25) is 0 Å². The maximum Gasteiger partial charge on any atom is 0.153 e. The molecule has 1 heterocycles. The van der Waals surface area contributed by atoms with E-state index < -0.39 is 4.93 Å². The van der Waals surface area contributed by atoms with Crippen molar-refractivity contribution in [1.82, 2.24) is 0 Å². The van der Waals surface area contributed by atoms with Crippen LogP contribution in [0.15, 0.2) is 121 Å². The number of hydrogen-bond acceptors (Lipinski definition) is 3. The molecule has 3 heteroatoms. The van der Waals surface area contributed by atoms with Crippen LogP contribution in [0.5, 0.6) is 0 Å². The number of rotatable bonds is 6. The summed E-state index contributed by atoms with van der Waals surface area (Å²) in [5.74, 6) is 0. The lowest BCUT2D eigenvalue weighted by Crippen LogP contribution is -2.28. The van der Waals surface area contributed by atoms with Gasteiger partial charge in [-0.3, -0.25) is 0 Å². The minimum Gasteiger partial charge on any atom is -0.374 e. The highest BCUT2D eigenvalue weighted by atomic mass is 32.2. The molecule has 0 bridgehead atoms. The maximum absolute atomic E-state index is 12.3. The molecule has 1 aliphatic heterocycles. The molecular formula is C29H26OS2. The lowest BCUT2D eigenvalue weighted by molar-refractivity contribution is 0.137. The first-order valence-corrected chi connectivity index (χ1v) is 12.7. The van der Waals surface area contributed by atoms with E-state index in [-0.39, 0.29) is 9.33 Å². The third-order valence-electron chi connectivity index (χ3n) is 5.95. The molecule has 5 rings (SSSR count). The van der Waals surface area contributed by atoms with Crippen LogP contribution in [0, 0.1) is 0 Å². The smallest absolute Gasteiger partial charge is 0.153 e. The van der Waals surface area contributed by atoms with Crippen molar-refractivity contribution in [2.75, 3.05) is 0 Å². The molecule has 160 valence electrons. The lowest BCUT2D eigenvalue weighted by Gasteiger charge is -2.31.